The van der Waals surface area contributed by atoms with Crippen molar-refractivity contribution < 1.29 is 9.53 Å². The number of likely N-dealkylation sites (tertiary alicyclic amines) is 1. The molecule has 3 nitrogen and oxygen atoms in total. The molecule has 1 saturated carbocycles. The largest absolute Gasteiger partial charge is 0.444 e. The molecule has 15 heavy (non-hydrogen) atoms. The SMILES string of the molecule is C[C@@H]1[C@H]2CCN(C(=O)OC(C)(C)C)C[C@@H]12. The topological polar surface area (TPSA) is 29.5 Å². The van der Waals surface area contributed by atoms with Gasteiger partial charge in [-0.05, 0) is 44.9 Å². The van der Waals surface area contributed by atoms with E-state index in [1.807, 2.05) is 25.7 Å². The number of hydrogen-bond acceptors (Lipinski definition) is 2. The third-order valence-corrected chi connectivity index (χ3v) is 3.58. The molecule has 0 unspecified atom stereocenters. The summed E-state index contributed by atoms with van der Waals surface area (Å²) in [6.45, 7) is 9.81. The van der Waals surface area contributed by atoms with Crippen molar-refractivity contribution in [2.45, 2.75) is 39.7 Å². The average molecular weight is 211 g/mol. The third kappa shape index (κ3) is 2.27. The van der Waals surface area contributed by atoms with E-state index in [4.69, 9.17) is 4.74 Å². The fourth-order valence-corrected chi connectivity index (χ4v) is 2.56. The smallest absolute Gasteiger partial charge is 0.410 e. The number of hydrogen-bond donors (Lipinski definition) is 0. The van der Waals surface area contributed by atoms with Crippen LogP contribution in [0.2, 0.25) is 0 Å². The van der Waals surface area contributed by atoms with Crippen LogP contribution in [-0.4, -0.2) is 29.7 Å². The molecular formula is C12H21NO2. The Morgan fingerprint density at radius 2 is 2.00 bits per heavy atom. The van der Waals surface area contributed by atoms with Crippen LogP contribution in [0.15, 0.2) is 0 Å². The second kappa shape index (κ2) is 3.39. The van der Waals surface area contributed by atoms with E-state index in [1.54, 1.807) is 0 Å². The lowest BCUT2D eigenvalue weighted by Crippen LogP contribution is -2.40. The van der Waals surface area contributed by atoms with E-state index in [9.17, 15) is 4.79 Å². The van der Waals surface area contributed by atoms with Crippen LogP contribution in [0, 0.1) is 17.8 Å². The number of carbonyl (C=O) groups excluding carboxylic acids is 1. The van der Waals surface area contributed by atoms with E-state index in [0.29, 0.717) is 0 Å². The second-order valence-corrected chi connectivity index (χ2v) is 5.90. The maximum absolute atomic E-state index is 11.8. The Morgan fingerprint density at radius 1 is 1.33 bits per heavy atom. The van der Waals surface area contributed by atoms with Gasteiger partial charge in [0.15, 0.2) is 0 Å². The van der Waals surface area contributed by atoms with Gasteiger partial charge >= 0.3 is 6.09 Å². The van der Waals surface area contributed by atoms with Gasteiger partial charge in [0.05, 0.1) is 0 Å². The molecule has 1 saturated heterocycles. The Hall–Kier alpha value is -0.730. The second-order valence-electron chi connectivity index (χ2n) is 5.90. The van der Waals surface area contributed by atoms with E-state index in [1.165, 1.54) is 0 Å². The first-order chi connectivity index (χ1) is 6.88. The highest BCUT2D eigenvalue weighted by Crippen LogP contribution is 2.51. The van der Waals surface area contributed by atoms with E-state index < -0.39 is 0 Å². The molecule has 0 radical (unpaired) electrons. The van der Waals surface area contributed by atoms with Crippen LogP contribution in [0.1, 0.15) is 34.1 Å². The molecule has 1 aliphatic carbocycles. The highest BCUT2D eigenvalue weighted by Gasteiger charge is 2.50. The zero-order chi connectivity index (χ0) is 11.2. The summed E-state index contributed by atoms with van der Waals surface area (Å²) in [5, 5.41) is 0. The predicted molar refractivity (Wildman–Crippen MR) is 58.6 cm³/mol. The van der Waals surface area contributed by atoms with E-state index in [0.717, 1.165) is 37.3 Å². The van der Waals surface area contributed by atoms with Crippen LogP contribution >= 0.6 is 0 Å². The third-order valence-electron chi connectivity index (χ3n) is 3.58. The minimum atomic E-state index is -0.372. The maximum atomic E-state index is 11.8. The Labute approximate surface area is 91.8 Å². The summed E-state index contributed by atoms with van der Waals surface area (Å²) in [4.78, 5) is 13.7. The summed E-state index contributed by atoms with van der Waals surface area (Å²) in [6, 6.07) is 0. The van der Waals surface area contributed by atoms with E-state index in [-0.39, 0.29) is 11.7 Å². The zero-order valence-electron chi connectivity index (χ0n) is 10.1. The number of amides is 1. The Morgan fingerprint density at radius 3 is 2.53 bits per heavy atom. The van der Waals surface area contributed by atoms with Crippen LogP contribution in [0.5, 0.6) is 0 Å². The Bertz CT molecular complexity index is 269. The summed E-state index contributed by atoms with van der Waals surface area (Å²) in [5.41, 5.74) is -0.372. The van der Waals surface area contributed by atoms with Crippen molar-refractivity contribution in [3.05, 3.63) is 0 Å². The van der Waals surface area contributed by atoms with Crippen molar-refractivity contribution in [1.29, 1.82) is 0 Å². The van der Waals surface area contributed by atoms with Crippen molar-refractivity contribution in [2.24, 2.45) is 17.8 Å². The molecule has 2 fully saturated rings. The van der Waals surface area contributed by atoms with Gasteiger partial charge in [0.1, 0.15) is 5.60 Å². The Kier molecular flexibility index (Phi) is 2.44. The molecular weight excluding hydrogens is 190 g/mol. The van der Waals surface area contributed by atoms with Gasteiger partial charge in [-0.3, -0.25) is 0 Å². The standard InChI is InChI=1S/C12H21NO2/c1-8-9-5-6-13(7-10(8)9)11(14)15-12(2,3)4/h8-10H,5-7H2,1-4H3/t8-,9-,10+/m1/s1. The van der Waals surface area contributed by atoms with Crippen molar-refractivity contribution in [3.63, 3.8) is 0 Å². The van der Waals surface area contributed by atoms with Gasteiger partial charge in [-0.25, -0.2) is 4.79 Å². The number of fused-ring (bicyclic) bond motifs is 1. The molecule has 2 aliphatic rings. The predicted octanol–water partition coefficient (Wildman–Crippen LogP) is 2.51. The summed E-state index contributed by atoms with van der Waals surface area (Å²) in [5.74, 6) is 2.44. The molecule has 0 aromatic heterocycles. The molecule has 1 amide bonds. The maximum Gasteiger partial charge on any atom is 0.410 e. The molecule has 2 rings (SSSR count). The lowest BCUT2D eigenvalue weighted by molar-refractivity contribution is 0.0207. The quantitative estimate of drug-likeness (QED) is 0.616. The summed E-state index contributed by atoms with van der Waals surface area (Å²) >= 11 is 0. The van der Waals surface area contributed by atoms with Gasteiger partial charge in [0.25, 0.3) is 0 Å². The summed E-state index contributed by atoms with van der Waals surface area (Å²) in [6.07, 6.45) is 1.02. The monoisotopic (exact) mass is 211 g/mol. The van der Waals surface area contributed by atoms with Gasteiger partial charge in [-0.1, -0.05) is 6.92 Å². The Balaban J connectivity index is 1.87. The van der Waals surface area contributed by atoms with Gasteiger partial charge in [0, 0.05) is 13.1 Å². The molecule has 86 valence electrons. The molecule has 0 aromatic carbocycles. The van der Waals surface area contributed by atoms with Crippen molar-refractivity contribution in [2.75, 3.05) is 13.1 Å². The minimum absolute atomic E-state index is 0.139. The van der Waals surface area contributed by atoms with Gasteiger partial charge in [0.2, 0.25) is 0 Å². The van der Waals surface area contributed by atoms with Crippen molar-refractivity contribution in [1.82, 2.24) is 4.90 Å². The number of nitrogens with zero attached hydrogens (tertiary/aromatic N) is 1. The molecule has 3 atom stereocenters. The number of piperidine rings is 1. The van der Waals surface area contributed by atoms with E-state index in [2.05, 4.69) is 6.92 Å². The van der Waals surface area contributed by atoms with E-state index >= 15 is 0 Å². The lowest BCUT2D eigenvalue weighted by Gasteiger charge is -2.29. The van der Waals surface area contributed by atoms with Crippen LogP contribution in [0.25, 0.3) is 0 Å². The van der Waals surface area contributed by atoms with Crippen molar-refractivity contribution in [3.8, 4) is 0 Å². The fourth-order valence-electron chi connectivity index (χ4n) is 2.56. The minimum Gasteiger partial charge on any atom is -0.444 e. The van der Waals surface area contributed by atoms with Crippen LogP contribution < -0.4 is 0 Å². The van der Waals surface area contributed by atoms with Crippen LogP contribution in [0.3, 0.4) is 0 Å². The highest BCUT2D eigenvalue weighted by atomic mass is 16.6. The van der Waals surface area contributed by atoms with Crippen molar-refractivity contribution >= 4 is 6.09 Å². The average Bonchev–Trinajstić information content (AvgIpc) is 2.74. The molecule has 0 bridgehead atoms. The fraction of sp³-hybridized carbons (Fsp3) is 0.917. The first-order valence-corrected chi connectivity index (χ1v) is 5.86. The first-order valence-electron chi connectivity index (χ1n) is 5.86. The summed E-state index contributed by atoms with van der Waals surface area (Å²) in [7, 11) is 0. The normalized spacial score (nSPS) is 34.7. The van der Waals surface area contributed by atoms with Gasteiger partial charge in [-0.15, -0.1) is 0 Å². The summed E-state index contributed by atoms with van der Waals surface area (Å²) < 4.78 is 5.37. The van der Waals surface area contributed by atoms with Crippen LogP contribution in [-0.2, 0) is 4.74 Å². The molecule has 1 heterocycles. The number of rotatable bonds is 0. The van der Waals surface area contributed by atoms with Gasteiger partial charge < -0.3 is 9.64 Å². The van der Waals surface area contributed by atoms with Gasteiger partial charge in [-0.2, -0.15) is 0 Å². The zero-order valence-corrected chi connectivity index (χ0v) is 10.1. The number of carbonyl (C=O) groups is 1. The molecule has 0 N–H and O–H groups in total. The number of ether oxygens (including phenoxy) is 1. The molecule has 0 spiro atoms. The highest BCUT2D eigenvalue weighted by molar-refractivity contribution is 5.68. The molecule has 1 aliphatic heterocycles. The first kappa shape index (κ1) is 10.8. The van der Waals surface area contributed by atoms with Crippen LogP contribution in [0.4, 0.5) is 4.79 Å². The molecule has 0 aromatic rings. The lowest BCUT2D eigenvalue weighted by atomic mass is 10.1. The molecule has 3 heteroatoms.